The molecule has 0 bridgehead atoms. The highest BCUT2D eigenvalue weighted by molar-refractivity contribution is 5.48. The maximum absolute atomic E-state index is 11.3. The molecule has 0 saturated carbocycles. The van der Waals surface area contributed by atoms with Crippen molar-refractivity contribution < 1.29 is 5.11 Å². The maximum atomic E-state index is 11.3. The molecule has 5 rings (SSSR count). The first-order valence-corrected chi connectivity index (χ1v) is 13.5. The Morgan fingerprint density at radius 1 is 0.611 bits per heavy atom. The molecule has 3 aromatic carbocycles. The molecule has 2 heterocycles. The first-order chi connectivity index (χ1) is 17.6. The van der Waals surface area contributed by atoms with Gasteiger partial charge in [-0.15, -0.1) is 0 Å². The molecule has 36 heavy (non-hydrogen) atoms. The van der Waals surface area contributed by atoms with Gasteiger partial charge in [0, 0.05) is 87.9 Å². The van der Waals surface area contributed by atoms with Gasteiger partial charge >= 0.3 is 0 Å². The van der Waals surface area contributed by atoms with Crippen LogP contribution in [0.15, 0.2) is 72.8 Å². The average molecular weight is 485 g/mol. The number of piperazine rings is 2. The smallest absolute Gasteiger partial charge is 0.124 e. The summed E-state index contributed by atoms with van der Waals surface area (Å²) in [5, 5.41) is 11.3. The highest BCUT2D eigenvalue weighted by Gasteiger charge is 2.22. The predicted octanol–water partition coefficient (Wildman–Crippen LogP) is 5.16. The molecule has 3 aromatic rings. The van der Waals surface area contributed by atoms with Crippen LogP contribution in [0.3, 0.4) is 0 Å². The third-order valence-corrected chi connectivity index (χ3v) is 7.73. The molecule has 5 heteroatoms. The number of phenols is 1. The number of hydrogen-bond donors (Lipinski definition) is 1. The van der Waals surface area contributed by atoms with E-state index in [1.165, 1.54) is 16.9 Å². The minimum absolute atomic E-state index is 0.438. The van der Waals surface area contributed by atoms with Crippen LogP contribution in [0, 0.1) is 0 Å². The highest BCUT2D eigenvalue weighted by Crippen LogP contribution is 2.31. The van der Waals surface area contributed by atoms with Gasteiger partial charge in [0.2, 0.25) is 0 Å². The molecule has 2 aliphatic rings. The summed E-state index contributed by atoms with van der Waals surface area (Å²) in [4.78, 5) is 9.89. The monoisotopic (exact) mass is 484 g/mol. The van der Waals surface area contributed by atoms with E-state index in [2.05, 4.69) is 106 Å². The highest BCUT2D eigenvalue weighted by atomic mass is 16.3. The summed E-state index contributed by atoms with van der Waals surface area (Å²) in [5.74, 6) is 0.934. The van der Waals surface area contributed by atoms with Gasteiger partial charge in [0.05, 0.1) is 0 Å². The maximum Gasteiger partial charge on any atom is 0.124 e. The molecule has 2 aliphatic heterocycles. The van der Waals surface area contributed by atoms with E-state index in [0.717, 1.165) is 76.6 Å². The van der Waals surface area contributed by atoms with Crippen molar-refractivity contribution in [1.82, 2.24) is 9.80 Å². The molecular weight excluding hydrogens is 444 g/mol. The minimum atomic E-state index is 0.438. The molecule has 0 radical (unpaired) electrons. The van der Waals surface area contributed by atoms with Crippen molar-refractivity contribution in [2.24, 2.45) is 0 Å². The van der Waals surface area contributed by atoms with Gasteiger partial charge in [-0.25, -0.2) is 0 Å². The number of nitrogens with zero attached hydrogens (tertiary/aromatic N) is 4. The van der Waals surface area contributed by atoms with Crippen LogP contribution in [0.5, 0.6) is 5.75 Å². The number of benzene rings is 3. The summed E-state index contributed by atoms with van der Waals surface area (Å²) in [6.45, 7) is 14.2. The van der Waals surface area contributed by atoms with Gasteiger partial charge in [0.15, 0.2) is 0 Å². The third-order valence-electron chi connectivity index (χ3n) is 7.73. The van der Waals surface area contributed by atoms with Gasteiger partial charge in [0.25, 0.3) is 0 Å². The second-order valence-electron chi connectivity index (χ2n) is 10.5. The number of aromatic hydroxyl groups is 1. The van der Waals surface area contributed by atoms with Gasteiger partial charge in [-0.3, -0.25) is 9.80 Å². The van der Waals surface area contributed by atoms with Crippen molar-refractivity contribution in [3.63, 3.8) is 0 Å². The molecule has 5 nitrogen and oxygen atoms in total. The van der Waals surface area contributed by atoms with Gasteiger partial charge in [0.1, 0.15) is 5.75 Å². The van der Waals surface area contributed by atoms with Crippen molar-refractivity contribution in [3.05, 3.63) is 89.5 Å². The van der Waals surface area contributed by atoms with E-state index < -0.39 is 0 Å². The molecule has 190 valence electrons. The Labute approximate surface area is 216 Å². The number of anilines is 2. The molecule has 0 aliphatic carbocycles. The number of phenolic OH excluding ortho intramolecular Hbond substituents is 1. The van der Waals surface area contributed by atoms with Crippen LogP contribution in [0.25, 0.3) is 0 Å². The molecule has 2 fully saturated rings. The predicted molar refractivity (Wildman–Crippen MR) is 150 cm³/mol. The van der Waals surface area contributed by atoms with Crippen LogP contribution in [0.1, 0.15) is 36.5 Å². The van der Waals surface area contributed by atoms with E-state index in [0.29, 0.717) is 11.7 Å². The first-order valence-electron chi connectivity index (χ1n) is 13.5. The van der Waals surface area contributed by atoms with Gasteiger partial charge in [-0.05, 0) is 35.7 Å². The quantitative estimate of drug-likeness (QED) is 0.501. The van der Waals surface area contributed by atoms with Crippen LogP contribution < -0.4 is 9.80 Å². The molecule has 2 saturated heterocycles. The number of hydrogen-bond acceptors (Lipinski definition) is 5. The van der Waals surface area contributed by atoms with E-state index in [9.17, 15) is 5.11 Å². The van der Waals surface area contributed by atoms with Gasteiger partial charge < -0.3 is 14.9 Å². The summed E-state index contributed by atoms with van der Waals surface area (Å²) >= 11 is 0. The molecule has 1 N–H and O–H groups in total. The Kier molecular flexibility index (Phi) is 7.78. The van der Waals surface area contributed by atoms with E-state index in [1.54, 1.807) is 0 Å². The van der Waals surface area contributed by atoms with E-state index in [1.807, 2.05) is 0 Å². The summed E-state index contributed by atoms with van der Waals surface area (Å²) < 4.78 is 0. The van der Waals surface area contributed by atoms with Crippen molar-refractivity contribution in [2.75, 3.05) is 62.2 Å². The summed E-state index contributed by atoms with van der Waals surface area (Å²) in [7, 11) is 0. The van der Waals surface area contributed by atoms with Crippen LogP contribution in [0.2, 0.25) is 0 Å². The fraction of sp³-hybridized carbons (Fsp3) is 0.419. The molecular formula is C31H40N4O. The second kappa shape index (κ2) is 11.4. The summed E-state index contributed by atoms with van der Waals surface area (Å²) in [6.07, 6.45) is 0. The lowest BCUT2D eigenvalue weighted by Gasteiger charge is -2.37. The Bertz CT molecular complexity index is 1020. The van der Waals surface area contributed by atoms with Crippen molar-refractivity contribution >= 4 is 11.4 Å². The Balaban J connectivity index is 1.23. The van der Waals surface area contributed by atoms with E-state index in [4.69, 9.17) is 0 Å². The molecule has 0 spiro atoms. The fourth-order valence-electron chi connectivity index (χ4n) is 5.45. The lowest BCUT2D eigenvalue weighted by Crippen LogP contribution is -2.46. The Morgan fingerprint density at radius 3 is 1.36 bits per heavy atom. The lowest BCUT2D eigenvalue weighted by atomic mass is 9.95. The van der Waals surface area contributed by atoms with Crippen molar-refractivity contribution in [3.8, 4) is 5.75 Å². The van der Waals surface area contributed by atoms with E-state index >= 15 is 0 Å². The van der Waals surface area contributed by atoms with Gasteiger partial charge in [-0.1, -0.05) is 62.4 Å². The third kappa shape index (κ3) is 5.85. The second-order valence-corrected chi connectivity index (χ2v) is 10.5. The number of para-hydroxylation sites is 2. The Morgan fingerprint density at radius 2 is 1.00 bits per heavy atom. The van der Waals surface area contributed by atoms with Crippen LogP contribution in [0.4, 0.5) is 11.4 Å². The molecule has 0 amide bonds. The topological polar surface area (TPSA) is 33.2 Å². The van der Waals surface area contributed by atoms with Crippen LogP contribution >= 0.6 is 0 Å². The average Bonchev–Trinajstić information content (AvgIpc) is 2.92. The zero-order chi connectivity index (χ0) is 24.9. The minimum Gasteiger partial charge on any atom is -0.507 e. The standard InChI is InChI=1S/C31H40N4O/c1-25(2)26-21-27(23-32-13-17-34(18-14-32)29-9-5-3-6-10-29)31(36)28(22-26)24-33-15-19-35(20-16-33)30-11-7-4-8-12-30/h3-12,21-22,25,36H,13-20,23-24H2,1-2H3. The molecule has 0 unspecified atom stereocenters. The van der Waals surface area contributed by atoms with Gasteiger partial charge in [-0.2, -0.15) is 0 Å². The first kappa shape index (κ1) is 24.7. The van der Waals surface area contributed by atoms with Crippen molar-refractivity contribution in [1.29, 1.82) is 0 Å². The fourth-order valence-corrected chi connectivity index (χ4v) is 5.45. The van der Waals surface area contributed by atoms with E-state index in [-0.39, 0.29) is 0 Å². The Hall–Kier alpha value is -3.02. The SMILES string of the molecule is CC(C)c1cc(CN2CCN(c3ccccc3)CC2)c(O)c(CN2CCN(c3ccccc3)CC2)c1. The zero-order valence-corrected chi connectivity index (χ0v) is 21.8. The van der Waals surface area contributed by atoms with Crippen LogP contribution in [-0.4, -0.2) is 67.3 Å². The lowest BCUT2D eigenvalue weighted by molar-refractivity contribution is 0.240. The summed E-state index contributed by atoms with van der Waals surface area (Å²) in [6, 6.07) is 25.8. The molecule has 0 atom stereocenters. The normalized spacial score (nSPS) is 17.6. The zero-order valence-electron chi connectivity index (χ0n) is 21.8. The summed E-state index contributed by atoms with van der Waals surface area (Å²) in [5.41, 5.74) is 6.08. The van der Waals surface area contributed by atoms with Crippen LogP contribution in [-0.2, 0) is 13.1 Å². The number of rotatable bonds is 7. The largest absolute Gasteiger partial charge is 0.507 e. The van der Waals surface area contributed by atoms with Crippen molar-refractivity contribution in [2.45, 2.75) is 32.9 Å². The molecule has 0 aromatic heterocycles.